The second kappa shape index (κ2) is 4.06. The number of rotatable bonds is 3. The van der Waals surface area contributed by atoms with Crippen molar-refractivity contribution < 1.29 is 9.47 Å². The lowest BCUT2D eigenvalue weighted by molar-refractivity contribution is 0.174. The fourth-order valence-electron chi connectivity index (χ4n) is 1.79. The van der Waals surface area contributed by atoms with Crippen molar-refractivity contribution in [2.75, 3.05) is 13.8 Å². The van der Waals surface area contributed by atoms with E-state index in [4.69, 9.17) is 9.47 Å². The SMILES string of the molecule is CNCc1nncn1-c1ccc2c(c1)OCO2. The molecule has 0 fully saturated rings. The summed E-state index contributed by atoms with van der Waals surface area (Å²) in [4.78, 5) is 0. The molecule has 0 saturated carbocycles. The molecular weight excluding hydrogens is 220 g/mol. The summed E-state index contributed by atoms with van der Waals surface area (Å²) in [7, 11) is 1.87. The van der Waals surface area contributed by atoms with Crippen molar-refractivity contribution in [3.8, 4) is 17.2 Å². The second-order valence-electron chi connectivity index (χ2n) is 3.69. The van der Waals surface area contributed by atoms with Crippen LogP contribution in [0.15, 0.2) is 24.5 Å². The van der Waals surface area contributed by atoms with Gasteiger partial charge in [0.1, 0.15) is 6.33 Å². The normalized spacial score (nSPS) is 13.0. The fraction of sp³-hybridized carbons (Fsp3) is 0.273. The summed E-state index contributed by atoms with van der Waals surface area (Å²) in [6.45, 7) is 0.943. The number of benzene rings is 1. The maximum Gasteiger partial charge on any atom is 0.231 e. The van der Waals surface area contributed by atoms with Crippen molar-refractivity contribution in [1.29, 1.82) is 0 Å². The van der Waals surface area contributed by atoms with E-state index in [0.29, 0.717) is 6.54 Å². The number of nitrogens with zero attached hydrogens (tertiary/aromatic N) is 3. The van der Waals surface area contributed by atoms with Crippen LogP contribution in [0.25, 0.3) is 5.69 Å². The third-order valence-corrected chi connectivity index (χ3v) is 2.59. The number of fused-ring (bicyclic) bond motifs is 1. The molecule has 3 rings (SSSR count). The van der Waals surface area contributed by atoms with E-state index in [1.54, 1.807) is 6.33 Å². The minimum atomic E-state index is 0.282. The quantitative estimate of drug-likeness (QED) is 0.844. The van der Waals surface area contributed by atoms with E-state index in [1.165, 1.54) is 0 Å². The smallest absolute Gasteiger partial charge is 0.231 e. The molecular formula is C11H12N4O2. The van der Waals surface area contributed by atoms with E-state index in [-0.39, 0.29) is 6.79 Å². The van der Waals surface area contributed by atoms with Crippen molar-refractivity contribution in [3.05, 3.63) is 30.4 Å². The molecule has 0 atom stereocenters. The Morgan fingerprint density at radius 1 is 1.35 bits per heavy atom. The van der Waals surface area contributed by atoms with E-state index in [9.17, 15) is 0 Å². The topological polar surface area (TPSA) is 61.2 Å². The first kappa shape index (κ1) is 10.1. The van der Waals surface area contributed by atoms with Crippen molar-refractivity contribution in [1.82, 2.24) is 20.1 Å². The zero-order valence-electron chi connectivity index (χ0n) is 9.38. The highest BCUT2D eigenvalue weighted by Crippen LogP contribution is 2.33. The van der Waals surface area contributed by atoms with Crippen LogP contribution in [0.4, 0.5) is 0 Å². The molecule has 0 bridgehead atoms. The van der Waals surface area contributed by atoms with Crippen LogP contribution in [0, 0.1) is 0 Å². The van der Waals surface area contributed by atoms with Gasteiger partial charge in [0.25, 0.3) is 0 Å². The van der Waals surface area contributed by atoms with Gasteiger partial charge in [0, 0.05) is 6.07 Å². The van der Waals surface area contributed by atoms with Gasteiger partial charge in [0.15, 0.2) is 17.3 Å². The van der Waals surface area contributed by atoms with Crippen LogP contribution in [0.3, 0.4) is 0 Å². The molecule has 6 nitrogen and oxygen atoms in total. The third kappa shape index (κ3) is 1.72. The van der Waals surface area contributed by atoms with Gasteiger partial charge in [-0.3, -0.25) is 4.57 Å². The van der Waals surface area contributed by atoms with Crippen LogP contribution in [-0.4, -0.2) is 28.6 Å². The van der Waals surface area contributed by atoms with Crippen LogP contribution in [-0.2, 0) is 6.54 Å². The first-order valence-electron chi connectivity index (χ1n) is 5.32. The lowest BCUT2D eigenvalue weighted by atomic mass is 10.2. The Balaban J connectivity index is 2.00. The Labute approximate surface area is 98.2 Å². The van der Waals surface area contributed by atoms with Gasteiger partial charge in [-0.25, -0.2) is 0 Å². The molecule has 1 aromatic heterocycles. The largest absolute Gasteiger partial charge is 0.454 e. The lowest BCUT2D eigenvalue weighted by Crippen LogP contribution is -2.11. The maximum atomic E-state index is 5.34. The standard InChI is InChI=1S/C11H12N4O2/c1-12-5-11-14-13-6-15(11)8-2-3-9-10(4-8)17-7-16-9/h2-4,6,12H,5,7H2,1H3. The van der Waals surface area contributed by atoms with Crippen LogP contribution in [0.1, 0.15) is 5.82 Å². The molecule has 17 heavy (non-hydrogen) atoms. The molecule has 0 saturated heterocycles. The van der Waals surface area contributed by atoms with Crippen molar-refractivity contribution in [2.45, 2.75) is 6.54 Å². The molecule has 0 unspecified atom stereocenters. The molecule has 0 aliphatic carbocycles. The summed E-state index contributed by atoms with van der Waals surface area (Å²) in [5, 5.41) is 11.0. The minimum absolute atomic E-state index is 0.282. The van der Waals surface area contributed by atoms with Crippen molar-refractivity contribution in [3.63, 3.8) is 0 Å². The molecule has 0 spiro atoms. The van der Waals surface area contributed by atoms with E-state index in [2.05, 4.69) is 15.5 Å². The summed E-state index contributed by atoms with van der Waals surface area (Å²) < 4.78 is 12.5. The van der Waals surface area contributed by atoms with E-state index < -0.39 is 0 Å². The number of aromatic nitrogens is 3. The van der Waals surface area contributed by atoms with Crippen molar-refractivity contribution in [2.24, 2.45) is 0 Å². The van der Waals surface area contributed by atoms with Gasteiger partial charge >= 0.3 is 0 Å². The first-order valence-corrected chi connectivity index (χ1v) is 5.32. The Morgan fingerprint density at radius 2 is 2.24 bits per heavy atom. The predicted molar refractivity (Wildman–Crippen MR) is 60.2 cm³/mol. The van der Waals surface area contributed by atoms with Gasteiger partial charge in [-0.05, 0) is 19.2 Å². The molecule has 2 heterocycles. The summed E-state index contributed by atoms with van der Waals surface area (Å²) in [5.41, 5.74) is 0.963. The van der Waals surface area contributed by atoms with Gasteiger partial charge in [-0.15, -0.1) is 10.2 Å². The van der Waals surface area contributed by atoms with Gasteiger partial charge in [-0.1, -0.05) is 0 Å². The number of nitrogens with one attached hydrogen (secondary N) is 1. The Bertz CT molecular complexity index is 538. The van der Waals surface area contributed by atoms with E-state index in [1.807, 2.05) is 29.8 Å². The zero-order chi connectivity index (χ0) is 11.7. The third-order valence-electron chi connectivity index (χ3n) is 2.59. The van der Waals surface area contributed by atoms with Crippen LogP contribution in [0.2, 0.25) is 0 Å². The van der Waals surface area contributed by atoms with Crippen LogP contribution < -0.4 is 14.8 Å². The molecule has 1 aliphatic rings. The van der Waals surface area contributed by atoms with Gasteiger partial charge < -0.3 is 14.8 Å². The number of hydrogen-bond donors (Lipinski definition) is 1. The van der Waals surface area contributed by atoms with Crippen molar-refractivity contribution >= 4 is 0 Å². The van der Waals surface area contributed by atoms with Gasteiger partial charge in [-0.2, -0.15) is 0 Å². The molecule has 1 aromatic carbocycles. The summed E-state index contributed by atoms with van der Waals surface area (Å²) >= 11 is 0. The van der Waals surface area contributed by atoms with Crippen LogP contribution in [0.5, 0.6) is 11.5 Å². The van der Waals surface area contributed by atoms with E-state index >= 15 is 0 Å². The lowest BCUT2D eigenvalue weighted by Gasteiger charge is -2.06. The van der Waals surface area contributed by atoms with E-state index in [0.717, 1.165) is 23.0 Å². The monoisotopic (exact) mass is 232 g/mol. The summed E-state index contributed by atoms with van der Waals surface area (Å²) in [5.74, 6) is 2.38. The number of hydrogen-bond acceptors (Lipinski definition) is 5. The first-order chi connectivity index (χ1) is 8.38. The predicted octanol–water partition coefficient (Wildman–Crippen LogP) is 0.715. The molecule has 1 N–H and O–H groups in total. The molecule has 0 radical (unpaired) electrons. The Hall–Kier alpha value is -2.08. The number of ether oxygens (including phenoxy) is 2. The maximum absolute atomic E-state index is 5.34. The molecule has 6 heteroatoms. The molecule has 2 aromatic rings. The second-order valence-corrected chi connectivity index (χ2v) is 3.69. The summed E-state index contributed by atoms with van der Waals surface area (Å²) in [6.07, 6.45) is 1.68. The Morgan fingerprint density at radius 3 is 3.12 bits per heavy atom. The Kier molecular flexibility index (Phi) is 2.41. The van der Waals surface area contributed by atoms with Crippen LogP contribution >= 0.6 is 0 Å². The molecule has 0 amide bonds. The highest BCUT2D eigenvalue weighted by molar-refractivity contribution is 5.50. The fourth-order valence-corrected chi connectivity index (χ4v) is 1.79. The zero-order valence-corrected chi connectivity index (χ0v) is 9.38. The minimum Gasteiger partial charge on any atom is -0.454 e. The average molecular weight is 232 g/mol. The van der Waals surface area contributed by atoms with Gasteiger partial charge in [0.2, 0.25) is 6.79 Å². The average Bonchev–Trinajstić information content (AvgIpc) is 2.96. The highest BCUT2D eigenvalue weighted by atomic mass is 16.7. The van der Waals surface area contributed by atoms with Gasteiger partial charge in [0.05, 0.1) is 12.2 Å². The highest BCUT2D eigenvalue weighted by Gasteiger charge is 2.15. The molecule has 88 valence electrons. The molecule has 1 aliphatic heterocycles. The summed E-state index contributed by atoms with van der Waals surface area (Å²) in [6, 6.07) is 5.77.